The van der Waals surface area contributed by atoms with Crippen LogP contribution in [0.2, 0.25) is 0 Å². The molecule has 2 heterocycles. The summed E-state index contributed by atoms with van der Waals surface area (Å²) in [5, 5.41) is 3.39. The zero-order chi connectivity index (χ0) is 13.5. The molecule has 1 unspecified atom stereocenters. The van der Waals surface area contributed by atoms with Crippen LogP contribution in [-0.2, 0) is 0 Å². The topological polar surface area (TPSA) is 50.3 Å². The second-order valence-electron chi connectivity index (χ2n) is 5.24. The van der Waals surface area contributed by atoms with Crippen LogP contribution >= 0.6 is 0 Å². The van der Waals surface area contributed by atoms with Crippen LogP contribution in [0.3, 0.4) is 0 Å². The molecule has 0 aromatic carbocycles. The van der Waals surface area contributed by atoms with Gasteiger partial charge in [0, 0.05) is 19.2 Å². The Kier molecular flexibility index (Phi) is 5.39. The SMILES string of the molecule is CCCOc1cc(NCC2CCCN(C)C2)ncn1. The molecule has 1 fully saturated rings. The molecule has 1 saturated heterocycles. The Morgan fingerprint density at radius 3 is 3.16 bits per heavy atom. The van der Waals surface area contributed by atoms with Crippen molar-refractivity contribution < 1.29 is 4.74 Å². The first-order valence-corrected chi connectivity index (χ1v) is 7.15. The average molecular weight is 264 g/mol. The number of hydrogen-bond donors (Lipinski definition) is 1. The fourth-order valence-electron chi connectivity index (χ4n) is 2.41. The van der Waals surface area contributed by atoms with Crippen LogP contribution in [-0.4, -0.2) is 48.2 Å². The summed E-state index contributed by atoms with van der Waals surface area (Å²) in [6, 6.07) is 1.88. The second-order valence-corrected chi connectivity index (χ2v) is 5.24. The highest BCUT2D eigenvalue weighted by Crippen LogP contribution is 2.17. The Labute approximate surface area is 115 Å². The number of hydrogen-bond acceptors (Lipinski definition) is 5. The smallest absolute Gasteiger partial charge is 0.218 e. The summed E-state index contributed by atoms with van der Waals surface area (Å²) in [6.45, 7) is 6.13. The van der Waals surface area contributed by atoms with E-state index in [1.165, 1.54) is 19.4 Å². The fourth-order valence-corrected chi connectivity index (χ4v) is 2.41. The maximum atomic E-state index is 5.51. The Morgan fingerprint density at radius 1 is 1.47 bits per heavy atom. The van der Waals surface area contributed by atoms with E-state index in [1.807, 2.05) is 6.07 Å². The van der Waals surface area contributed by atoms with Crippen molar-refractivity contribution in [3.8, 4) is 5.88 Å². The summed E-state index contributed by atoms with van der Waals surface area (Å²) in [5.41, 5.74) is 0. The van der Waals surface area contributed by atoms with Gasteiger partial charge >= 0.3 is 0 Å². The predicted octanol–water partition coefficient (Wildman–Crippen LogP) is 2.02. The van der Waals surface area contributed by atoms with E-state index >= 15 is 0 Å². The molecule has 0 saturated carbocycles. The first kappa shape index (κ1) is 14.1. The number of piperidine rings is 1. The summed E-state index contributed by atoms with van der Waals surface area (Å²) in [6.07, 6.45) is 5.13. The summed E-state index contributed by atoms with van der Waals surface area (Å²) < 4.78 is 5.51. The Balaban J connectivity index is 1.81. The average Bonchev–Trinajstić information content (AvgIpc) is 2.43. The van der Waals surface area contributed by atoms with Crippen LogP contribution in [0.4, 0.5) is 5.82 Å². The molecule has 1 aliphatic heterocycles. The molecule has 0 radical (unpaired) electrons. The molecule has 0 aliphatic carbocycles. The van der Waals surface area contributed by atoms with Crippen LogP contribution in [0.15, 0.2) is 12.4 Å². The van der Waals surface area contributed by atoms with Crippen LogP contribution < -0.4 is 10.1 Å². The lowest BCUT2D eigenvalue weighted by atomic mass is 9.98. The van der Waals surface area contributed by atoms with Gasteiger partial charge in [-0.25, -0.2) is 9.97 Å². The second kappa shape index (κ2) is 7.28. The molecule has 1 N–H and O–H groups in total. The minimum Gasteiger partial charge on any atom is -0.478 e. The van der Waals surface area contributed by atoms with Crippen molar-refractivity contribution in [3.05, 3.63) is 12.4 Å². The van der Waals surface area contributed by atoms with Crippen LogP contribution in [0, 0.1) is 5.92 Å². The van der Waals surface area contributed by atoms with Gasteiger partial charge in [-0.3, -0.25) is 0 Å². The maximum Gasteiger partial charge on any atom is 0.218 e. The molecule has 0 amide bonds. The van der Waals surface area contributed by atoms with Gasteiger partial charge in [0.1, 0.15) is 12.1 Å². The van der Waals surface area contributed by atoms with E-state index < -0.39 is 0 Å². The molecule has 106 valence electrons. The third kappa shape index (κ3) is 4.67. The van der Waals surface area contributed by atoms with Crippen molar-refractivity contribution >= 4 is 5.82 Å². The number of anilines is 1. The van der Waals surface area contributed by atoms with Gasteiger partial charge < -0.3 is 15.0 Å². The van der Waals surface area contributed by atoms with Crippen molar-refractivity contribution in [3.63, 3.8) is 0 Å². The molecule has 1 aliphatic rings. The zero-order valence-corrected chi connectivity index (χ0v) is 11.9. The lowest BCUT2D eigenvalue weighted by molar-refractivity contribution is 0.217. The molecule has 5 nitrogen and oxygen atoms in total. The monoisotopic (exact) mass is 264 g/mol. The Hall–Kier alpha value is -1.36. The summed E-state index contributed by atoms with van der Waals surface area (Å²) in [4.78, 5) is 10.7. The van der Waals surface area contributed by atoms with E-state index in [1.54, 1.807) is 6.33 Å². The molecule has 19 heavy (non-hydrogen) atoms. The van der Waals surface area contributed by atoms with Crippen molar-refractivity contribution in [1.29, 1.82) is 0 Å². The minimum atomic E-state index is 0.653. The number of likely N-dealkylation sites (tertiary alicyclic amines) is 1. The highest BCUT2D eigenvalue weighted by molar-refractivity contribution is 5.37. The lowest BCUT2D eigenvalue weighted by Crippen LogP contribution is -2.35. The lowest BCUT2D eigenvalue weighted by Gasteiger charge is -2.29. The Morgan fingerprint density at radius 2 is 2.37 bits per heavy atom. The van der Waals surface area contributed by atoms with Crippen LogP contribution in [0.25, 0.3) is 0 Å². The van der Waals surface area contributed by atoms with E-state index in [4.69, 9.17) is 4.74 Å². The first-order chi connectivity index (χ1) is 9.28. The van der Waals surface area contributed by atoms with E-state index in [9.17, 15) is 0 Å². The molecular formula is C14H24N4O. The third-order valence-electron chi connectivity index (χ3n) is 3.39. The number of ether oxygens (including phenoxy) is 1. The fraction of sp³-hybridized carbons (Fsp3) is 0.714. The van der Waals surface area contributed by atoms with Gasteiger partial charge in [-0.15, -0.1) is 0 Å². The van der Waals surface area contributed by atoms with Gasteiger partial charge in [0.25, 0.3) is 0 Å². The normalized spacial score (nSPS) is 20.2. The van der Waals surface area contributed by atoms with E-state index in [2.05, 4.69) is 34.2 Å². The van der Waals surface area contributed by atoms with Gasteiger partial charge in [0.15, 0.2) is 0 Å². The molecule has 1 aromatic heterocycles. The van der Waals surface area contributed by atoms with Crippen LogP contribution in [0.1, 0.15) is 26.2 Å². The van der Waals surface area contributed by atoms with Gasteiger partial charge in [0.2, 0.25) is 5.88 Å². The standard InChI is InChI=1S/C14H24N4O/c1-3-7-19-14-8-13(16-11-17-14)15-9-12-5-4-6-18(2)10-12/h8,11-12H,3-7,9-10H2,1-2H3,(H,15,16,17). The van der Waals surface area contributed by atoms with Crippen molar-refractivity contribution in [2.24, 2.45) is 5.92 Å². The van der Waals surface area contributed by atoms with Crippen molar-refractivity contribution in [1.82, 2.24) is 14.9 Å². The number of rotatable bonds is 6. The van der Waals surface area contributed by atoms with Crippen molar-refractivity contribution in [2.75, 3.05) is 38.6 Å². The molecule has 5 heteroatoms. The summed E-state index contributed by atoms with van der Waals surface area (Å²) in [7, 11) is 2.19. The van der Waals surface area contributed by atoms with Gasteiger partial charge in [-0.1, -0.05) is 6.92 Å². The largest absolute Gasteiger partial charge is 0.478 e. The molecule has 0 bridgehead atoms. The van der Waals surface area contributed by atoms with E-state index in [0.717, 1.165) is 25.3 Å². The number of nitrogens with zero attached hydrogens (tertiary/aromatic N) is 3. The Bertz CT molecular complexity index is 385. The van der Waals surface area contributed by atoms with E-state index in [-0.39, 0.29) is 0 Å². The predicted molar refractivity (Wildman–Crippen MR) is 76.5 cm³/mol. The van der Waals surface area contributed by atoms with Gasteiger partial charge in [0.05, 0.1) is 6.61 Å². The van der Waals surface area contributed by atoms with Gasteiger partial charge in [-0.2, -0.15) is 0 Å². The molecule has 0 spiro atoms. The first-order valence-electron chi connectivity index (χ1n) is 7.15. The minimum absolute atomic E-state index is 0.653. The van der Waals surface area contributed by atoms with E-state index in [0.29, 0.717) is 18.4 Å². The highest BCUT2D eigenvalue weighted by Gasteiger charge is 2.16. The zero-order valence-electron chi connectivity index (χ0n) is 11.9. The number of nitrogens with one attached hydrogen (secondary N) is 1. The van der Waals surface area contributed by atoms with Crippen LogP contribution in [0.5, 0.6) is 5.88 Å². The molecule has 2 rings (SSSR count). The summed E-state index contributed by atoms with van der Waals surface area (Å²) >= 11 is 0. The van der Waals surface area contributed by atoms with Crippen molar-refractivity contribution in [2.45, 2.75) is 26.2 Å². The van der Waals surface area contributed by atoms with Gasteiger partial charge in [-0.05, 0) is 38.8 Å². The summed E-state index contributed by atoms with van der Waals surface area (Å²) in [5.74, 6) is 2.21. The molecule has 1 aromatic rings. The quantitative estimate of drug-likeness (QED) is 0.852. The maximum absolute atomic E-state index is 5.51. The molecule has 1 atom stereocenters. The highest BCUT2D eigenvalue weighted by atomic mass is 16.5. The number of aromatic nitrogens is 2. The molecular weight excluding hydrogens is 240 g/mol. The third-order valence-corrected chi connectivity index (χ3v) is 3.39.